The molecule has 6 nitrogen and oxygen atoms in total. The van der Waals surface area contributed by atoms with Crippen LogP contribution < -0.4 is 0 Å². The maximum Gasteiger partial charge on any atom is 0.306 e. The fourth-order valence-electron chi connectivity index (χ4n) is 7.66. The van der Waals surface area contributed by atoms with E-state index in [1.165, 1.54) is 141 Å². The summed E-state index contributed by atoms with van der Waals surface area (Å²) in [5, 5.41) is 0. The number of rotatable bonds is 50. The van der Waals surface area contributed by atoms with Crippen LogP contribution >= 0.6 is 0 Å². The highest BCUT2D eigenvalue weighted by Gasteiger charge is 2.19. The van der Waals surface area contributed by atoms with Crippen LogP contribution in [-0.2, 0) is 28.6 Å². The molecule has 0 radical (unpaired) electrons. The van der Waals surface area contributed by atoms with Crippen LogP contribution in [0.4, 0.5) is 0 Å². The number of hydrogen-bond acceptors (Lipinski definition) is 6. The van der Waals surface area contributed by atoms with E-state index in [2.05, 4.69) is 99.8 Å². The average molecular weight is 933 g/mol. The Morgan fingerprint density at radius 1 is 0.313 bits per heavy atom. The molecular formula is C61H104O6. The van der Waals surface area contributed by atoms with E-state index in [1.54, 1.807) is 0 Å². The molecule has 0 aliphatic carbocycles. The van der Waals surface area contributed by atoms with Gasteiger partial charge in [-0.05, 0) is 103 Å². The van der Waals surface area contributed by atoms with Gasteiger partial charge in [0.05, 0.1) is 0 Å². The lowest BCUT2D eigenvalue weighted by molar-refractivity contribution is -0.166. The van der Waals surface area contributed by atoms with Gasteiger partial charge in [0.25, 0.3) is 0 Å². The van der Waals surface area contributed by atoms with Crippen LogP contribution in [-0.4, -0.2) is 37.2 Å². The number of esters is 3. The van der Waals surface area contributed by atoms with Gasteiger partial charge in [0.2, 0.25) is 0 Å². The zero-order valence-electron chi connectivity index (χ0n) is 43.9. The third-order valence-corrected chi connectivity index (χ3v) is 11.9. The van der Waals surface area contributed by atoms with Crippen molar-refractivity contribution in [3.05, 3.63) is 85.1 Å². The summed E-state index contributed by atoms with van der Waals surface area (Å²) in [4.78, 5) is 38.1. The molecule has 1 atom stereocenters. The van der Waals surface area contributed by atoms with Crippen LogP contribution in [0.25, 0.3) is 0 Å². The van der Waals surface area contributed by atoms with E-state index in [9.17, 15) is 14.4 Å². The molecule has 0 bridgehead atoms. The van der Waals surface area contributed by atoms with Gasteiger partial charge in [0.1, 0.15) is 13.2 Å². The summed E-state index contributed by atoms with van der Waals surface area (Å²) in [5.74, 6) is -0.994. The van der Waals surface area contributed by atoms with Gasteiger partial charge >= 0.3 is 17.9 Å². The Morgan fingerprint density at radius 2 is 0.612 bits per heavy atom. The van der Waals surface area contributed by atoms with Crippen LogP contribution in [0.5, 0.6) is 0 Å². The van der Waals surface area contributed by atoms with Crippen molar-refractivity contribution in [2.24, 2.45) is 0 Å². The van der Waals surface area contributed by atoms with Crippen molar-refractivity contribution < 1.29 is 28.6 Å². The third-order valence-electron chi connectivity index (χ3n) is 11.9. The van der Waals surface area contributed by atoms with Crippen molar-refractivity contribution in [3.8, 4) is 0 Å². The van der Waals surface area contributed by atoms with Crippen LogP contribution in [0.15, 0.2) is 85.1 Å². The van der Waals surface area contributed by atoms with E-state index in [1.807, 2.05) is 6.08 Å². The number of carbonyl (C=O) groups is 3. The largest absolute Gasteiger partial charge is 0.462 e. The van der Waals surface area contributed by atoms with Gasteiger partial charge in [-0.1, -0.05) is 228 Å². The minimum absolute atomic E-state index is 0.103. The molecule has 0 rings (SSSR count). The average Bonchev–Trinajstić information content (AvgIpc) is 3.33. The van der Waals surface area contributed by atoms with Crippen LogP contribution in [0.3, 0.4) is 0 Å². The molecule has 0 amide bonds. The molecule has 0 aliphatic heterocycles. The van der Waals surface area contributed by atoms with Crippen LogP contribution in [0.1, 0.15) is 265 Å². The predicted molar refractivity (Wildman–Crippen MR) is 288 cm³/mol. The van der Waals surface area contributed by atoms with Crippen molar-refractivity contribution in [1.82, 2.24) is 0 Å². The van der Waals surface area contributed by atoms with Crippen molar-refractivity contribution in [3.63, 3.8) is 0 Å². The van der Waals surface area contributed by atoms with Gasteiger partial charge in [-0.15, -0.1) is 0 Å². The molecule has 0 spiro atoms. The Balaban J connectivity index is 4.43. The Bertz CT molecular complexity index is 1300. The molecule has 0 aromatic rings. The highest BCUT2D eigenvalue weighted by atomic mass is 16.6. The first-order chi connectivity index (χ1) is 33.0. The Morgan fingerprint density at radius 3 is 1.04 bits per heavy atom. The second-order valence-electron chi connectivity index (χ2n) is 18.5. The lowest BCUT2D eigenvalue weighted by atomic mass is 10.1. The van der Waals surface area contributed by atoms with Gasteiger partial charge < -0.3 is 14.2 Å². The fourth-order valence-corrected chi connectivity index (χ4v) is 7.66. The molecule has 6 heteroatoms. The lowest BCUT2D eigenvalue weighted by Gasteiger charge is -2.18. The van der Waals surface area contributed by atoms with Gasteiger partial charge in [-0.2, -0.15) is 0 Å². The van der Waals surface area contributed by atoms with E-state index < -0.39 is 6.10 Å². The normalized spacial score (nSPS) is 12.7. The summed E-state index contributed by atoms with van der Waals surface area (Å²) in [7, 11) is 0. The first-order valence-electron chi connectivity index (χ1n) is 28.1. The van der Waals surface area contributed by atoms with Gasteiger partial charge in [0.15, 0.2) is 6.10 Å². The molecule has 0 heterocycles. The van der Waals surface area contributed by atoms with E-state index in [-0.39, 0.29) is 37.5 Å². The maximum absolute atomic E-state index is 12.8. The van der Waals surface area contributed by atoms with Crippen LogP contribution in [0, 0.1) is 0 Å². The van der Waals surface area contributed by atoms with Gasteiger partial charge in [0, 0.05) is 19.3 Å². The number of unbranched alkanes of at least 4 members (excludes halogenated alkanes) is 25. The smallest absolute Gasteiger partial charge is 0.306 e. The summed E-state index contributed by atoms with van der Waals surface area (Å²) in [6, 6.07) is 0. The summed E-state index contributed by atoms with van der Waals surface area (Å²) in [6.45, 7) is 6.43. The summed E-state index contributed by atoms with van der Waals surface area (Å²) < 4.78 is 16.8. The van der Waals surface area contributed by atoms with Crippen LogP contribution in [0.2, 0.25) is 0 Å². The van der Waals surface area contributed by atoms with E-state index in [0.29, 0.717) is 19.3 Å². The van der Waals surface area contributed by atoms with Crippen molar-refractivity contribution >= 4 is 17.9 Å². The quantitative estimate of drug-likeness (QED) is 0.0262. The Hall–Kier alpha value is -3.41. The van der Waals surface area contributed by atoms with Gasteiger partial charge in [-0.25, -0.2) is 0 Å². The summed E-state index contributed by atoms with van der Waals surface area (Å²) in [5.41, 5.74) is 0. The maximum atomic E-state index is 12.8. The Labute approximate surface area is 414 Å². The molecule has 0 aliphatic rings. The second-order valence-corrected chi connectivity index (χ2v) is 18.5. The van der Waals surface area contributed by atoms with E-state index in [0.717, 1.165) is 77.0 Å². The minimum atomic E-state index is -0.810. The molecule has 0 aromatic carbocycles. The lowest BCUT2D eigenvalue weighted by Crippen LogP contribution is -2.30. The SMILES string of the molecule is CC/C=C\C/C=C\C/C=C\C/C=C\CCC(=O)OCC(COC(=O)CCCCCCCCCCC/C=C\CCCCCCCC)OC(=O)CCCCCCCCC/C=C\C/C=C\CCCCC. The van der Waals surface area contributed by atoms with Crippen molar-refractivity contribution in [2.75, 3.05) is 13.2 Å². The first-order valence-corrected chi connectivity index (χ1v) is 28.1. The van der Waals surface area contributed by atoms with E-state index >= 15 is 0 Å². The monoisotopic (exact) mass is 933 g/mol. The fraction of sp³-hybridized carbons (Fsp3) is 0.721. The predicted octanol–water partition coefficient (Wildman–Crippen LogP) is 18.8. The summed E-state index contributed by atoms with van der Waals surface area (Å²) >= 11 is 0. The number of hydrogen-bond donors (Lipinski definition) is 0. The zero-order valence-corrected chi connectivity index (χ0v) is 43.9. The number of ether oxygens (including phenoxy) is 3. The number of allylic oxidation sites excluding steroid dienone is 14. The van der Waals surface area contributed by atoms with Crippen molar-refractivity contribution in [2.45, 2.75) is 271 Å². The molecule has 0 aromatic heterocycles. The molecular weight excluding hydrogens is 829 g/mol. The highest BCUT2D eigenvalue weighted by Crippen LogP contribution is 2.15. The standard InChI is InChI=1S/C61H104O6/c1-4-7-10-13-16-19-22-25-27-29-30-32-33-36-39-42-45-48-51-54-60(63)66-57-58(56-65-59(62)53-50-47-44-41-38-35-24-21-18-15-12-9-6-3)67-61(64)55-52-49-46-43-40-37-34-31-28-26-23-20-17-14-11-8-5-2/h9,12,17-18,20-21,25-28,35,38,44,47,58H,4-8,10-11,13-16,19,22-24,29-34,36-37,39-43,45-46,48-57H2,1-3H3/b12-9-,20-17-,21-18-,27-25-,28-26-,38-35-,47-44-. The Kier molecular flexibility index (Phi) is 52.4. The molecule has 0 saturated carbocycles. The second kappa shape index (κ2) is 55.2. The molecule has 384 valence electrons. The topological polar surface area (TPSA) is 78.9 Å². The zero-order chi connectivity index (χ0) is 48.6. The molecule has 67 heavy (non-hydrogen) atoms. The highest BCUT2D eigenvalue weighted by molar-refractivity contribution is 5.71. The molecule has 0 N–H and O–H groups in total. The number of carbonyl (C=O) groups excluding carboxylic acids is 3. The van der Waals surface area contributed by atoms with E-state index in [4.69, 9.17) is 14.2 Å². The van der Waals surface area contributed by atoms with Crippen molar-refractivity contribution in [1.29, 1.82) is 0 Å². The minimum Gasteiger partial charge on any atom is -0.462 e. The summed E-state index contributed by atoms with van der Waals surface area (Å²) in [6.07, 6.45) is 71.6. The molecule has 0 saturated heterocycles. The third kappa shape index (κ3) is 53.4. The first kappa shape index (κ1) is 63.6. The molecule has 0 fully saturated rings. The van der Waals surface area contributed by atoms with Gasteiger partial charge in [-0.3, -0.25) is 14.4 Å². The molecule has 1 unspecified atom stereocenters.